The fourth-order valence-electron chi connectivity index (χ4n) is 1.30. The second-order valence-corrected chi connectivity index (χ2v) is 4.68. The molecule has 0 saturated carbocycles. The smallest absolute Gasteiger partial charge is 0.276 e. The van der Waals surface area contributed by atoms with Crippen molar-refractivity contribution in [2.45, 2.75) is 19.9 Å². The Morgan fingerprint density at radius 2 is 2.22 bits per heavy atom. The lowest BCUT2D eigenvalue weighted by molar-refractivity contribution is -0.384. The van der Waals surface area contributed by atoms with Gasteiger partial charge in [-0.05, 0) is 20.9 Å². The van der Waals surface area contributed by atoms with E-state index < -0.39 is 4.92 Å². The number of nitrogens with zero attached hydrogens (tertiary/aromatic N) is 3. The first kappa shape index (κ1) is 14.7. The molecule has 1 aromatic heterocycles. The highest BCUT2D eigenvalue weighted by Gasteiger charge is 2.10. The summed E-state index contributed by atoms with van der Waals surface area (Å²) in [4.78, 5) is 16.3. The molecule has 18 heavy (non-hydrogen) atoms. The van der Waals surface area contributed by atoms with Crippen molar-refractivity contribution in [3.05, 3.63) is 27.4 Å². The van der Waals surface area contributed by atoms with Crippen LogP contribution in [0.2, 0.25) is 5.15 Å². The van der Waals surface area contributed by atoms with Crippen LogP contribution in [0.15, 0.2) is 12.1 Å². The standard InChI is InChI=1S/C11H17ClN4O2/c1-8(2)15(3)5-4-13-11-7-9(16(17)18)6-10(12)14-11/h6-8H,4-5H2,1-3H3,(H,13,14). The molecular formula is C11H17ClN4O2. The third kappa shape index (κ3) is 4.46. The Balaban J connectivity index is 2.60. The molecule has 0 bridgehead atoms. The Morgan fingerprint density at radius 3 is 2.78 bits per heavy atom. The van der Waals surface area contributed by atoms with Crippen molar-refractivity contribution >= 4 is 23.1 Å². The van der Waals surface area contributed by atoms with Crippen LogP contribution in [0.3, 0.4) is 0 Å². The Hall–Kier alpha value is -1.40. The summed E-state index contributed by atoms with van der Waals surface area (Å²) in [6.45, 7) is 5.67. The second-order valence-electron chi connectivity index (χ2n) is 4.29. The first-order chi connectivity index (χ1) is 8.40. The Kier molecular flexibility index (Phi) is 5.30. The van der Waals surface area contributed by atoms with Gasteiger partial charge in [-0.1, -0.05) is 11.6 Å². The molecule has 0 amide bonds. The number of likely N-dealkylation sites (N-methyl/N-ethyl adjacent to an activating group) is 1. The lowest BCUT2D eigenvalue weighted by Gasteiger charge is -2.20. The van der Waals surface area contributed by atoms with Gasteiger partial charge in [0.25, 0.3) is 5.69 Å². The van der Waals surface area contributed by atoms with E-state index in [0.717, 1.165) is 6.54 Å². The number of nitrogens with one attached hydrogen (secondary N) is 1. The highest BCUT2D eigenvalue weighted by molar-refractivity contribution is 6.29. The molecule has 6 nitrogen and oxygen atoms in total. The van der Waals surface area contributed by atoms with E-state index >= 15 is 0 Å². The van der Waals surface area contributed by atoms with Crippen molar-refractivity contribution in [1.82, 2.24) is 9.88 Å². The molecule has 7 heteroatoms. The first-order valence-electron chi connectivity index (χ1n) is 5.66. The minimum absolute atomic E-state index is 0.0604. The van der Waals surface area contributed by atoms with Crippen LogP contribution in [-0.2, 0) is 0 Å². The normalized spacial score (nSPS) is 11.0. The minimum Gasteiger partial charge on any atom is -0.369 e. The first-order valence-corrected chi connectivity index (χ1v) is 6.04. The maximum absolute atomic E-state index is 10.7. The lowest BCUT2D eigenvalue weighted by atomic mass is 10.3. The van der Waals surface area contributed by atoms with Gasteiger partial charge in [-0.3, -0.25) is 10.1 Å². The molecule has 0 radical (unpaired) electrons. The van der Waals surface area contributed by atoms with Crippen LogP contribution >= 0.6 is 11.6 Å². The summed E-state index contributed by atoms with van der Waals surface area (Å²) in [5.41, 5.74) is -0.0604. The maximum Gasteiger partial charge on any atom is 0.276 e. The molecule has 1 heterocycles. The van der Waals surface area contributed by atoms with E-state index in [1.165, 1.54) is 12.1 Å². The monoisotopic (exact) mass is 272 g/mol. The molecule has 0 unspecified atom stereocenters. The van der Waals surface area contributed by atoms with E-state index in [2.05, 4.69) is 29.0 Å². The number of aromatic nitrogens is 1. The van der Waals surface area contributed by atoms with Crippen LogP contribution in [0, 0.1) is 10.1 Å². The summed E-state index contributed by atoms with van der Waals surface area (Å²) in [6.07, 6.45) is 0. The molecule has 1 rings (SSSR count). The minimum atomic E-state index is -0.487. The van der Waals surface area contributed by atoms with Gasteiger partial charge >= 0.3 is 0 Å². The van der Waals surface area contributed by atoms with Gasteiger partial charge in [0.1, 0.15) is 11.0 Å². The van der Waals surface area contributed by atoms with E-state index in [4.69, 9.17) is 11.6 Å². The Morgan fingerprint density at radius 1 is 1.56 bits per heavy atom. The number of hydrogen-bond acceptors (Lipinski definition) is 5. The van der Waals surface area contributed by atoms with Crippen LogP contribution in [-0.4, -0.2) is 41.0 Å². The van der Waals surface area contributed by atoms with Crippen molar-refractivity contribution in [3.63, 3.8) is 0 Å². The molecule has 0 aromatic carbocycles. The number of anilines is 1. The summed E-state index contributed by atoms with van der Waals surface area (Å²) in [6, 6.07) is 3.06. The fourth-order valence-corrected chi connectivity index (χ4v) is 1.50. The highest BCUT2D eigenvalue weighted by atomic mass is 35.5. The molecule has 0 saturated heterocycles. The largest absolute Gasteiger partial charge is 0.369 e. The number of pyridine rings is 1. The van der Waals surface area contributed by atoms with Crippen molar-refractivity contribution < 1.29 is 4.92 Å². The van der Waals surface area contributed by atoms with Gasteiger partial charge in [-0.2, -0.15) is 0 Å². The number of rotatable bonds is 6. The highest BCUT2D eigenvalue weighted by Crippen LogP contribution is 2.20. The molecule has 1 aromatic rings. The third-order valence-electron chi connectivity index (χ3n) is 2.64. The molecule has 1 N–H and O–H groups in total. The summed E-state index contributed by atoms with van der Waals surface area (Å²) >= 11 is 5.72. The SMILES string of the molecule is CC(C)N(C)CCNc1cc([N+](=O)[O-])cc(Cl)n1. The van der Waals surface area contributed by atoms with Gasteiger partial charge in [0.05, 0.1) is 17.1 Å². The van der Waals surface area contributed by atoms with Crippen LogP contribution in [0.4, 0.5) is 11.5 Å². The molecule has 0 fully saturated rings. The fraction of sp³-hybridized carbons (Fsp3) is 0.545. The summed E-state index contributed by atoms with van der Waals surface area (Å²) < 4.78 is 0. The molecule has 0 aliphatic carbocycles. The van der Waals surface area contributed by atoms with Crippen LogP contribution < -0.4 is 5.32 Å². The molecular weight excluding hydrogens is 256 g/mol. The lowest BCUT2D eigenvalue weighted by Crippen LogP contribution is -2.31. The van der Waals surface area contributed by atoms with Gasteiger partial charge in [-0.15, -0.1) is 0 Å². The number of hydrogen-bond donors (Lipinski definition) is 1. The second kappa shape index (κ2) is 6.51. The van der Waals surface area contributed by atoms with Gasteiger partial charge in [-0.25, -0.2) is 4.98 Å². The predicted octanol–water partition coefficient (Wildman–Crippen LogP) is 2.40. The maximum atomic E-state index is 10.7. The van der Waals surface area contributed by atoms with E-state index in [1.807, 2.05) is 7.05 Å². The zero-order valence-corrected chi connectivity index (χ0v) is 11.4. The topological polar surface area (TPSA) is 71.3 Å². The van der Waals surface area contributed by atoms with Crippen LogP contribution in [0.25, 0.3) is 0 Å². The van der Waals surface area contributed by atoms with Crippen molar-refractivity contribution in [3.8, 4) is 0 Å². The summed E-state index contributed by atoms with van der Waals surface area (Å²) in [5, 5.41) is 13.8. The van der Waals surface area contributed by atoms with E-state index in [0.29, 0.717) is 18.4 Å². The zero-order chi connectivity index (χ0) is 13.7. The van der Waals surface area contributed by atoms with E-state index in [-0.39, 0.29) is 10.8 Å². The third-order valence-corrected chi connectivity index (χ3v) is 2.84. The van der Waals surface area contributed by atoms with Crippen molar-refractivity contribution in [2.24, 2.45) is 0 Å². The van der Waals surface area contributed by atoms with Crippen LogP contribution in [0.1, 0.15) is 13.8 Å². The Bertz CT molecular complexity index is 426. The zero-order valence-electron chi connectivity index (χ0n) is 10.7. The Labute approximate surface area is 111 Å². The van der Waals surface area contributed by atoms with Gasteiger partial charge in [0.15, 0.2) is 0 Å². The quantitative estimate of drug-likeness (QED) is 0.489. The summed E-state index contributed by atoms with van der Waals surface area (Å²) in [5.74, 6) is 0.423. The van der Waals surface area contributed by atoms with Crippen molar-refractivity contribution in [1.29, 1.82) is 0 Å². The number of nitro groups is 1. The van der Waals surface area contributed by atoms with E-state index in [9.17, 15) is 10.1 Å². The molecule has 0 aliphatic heterocycles. The van der Waals surface area contributed by atoms with Crippen molar-refractivity contribution in [2.75, 3.05) is 25.5 Å². The average molecular weight is 273 g/mol. The number of halogens is 1. The average Bonchev–Trinajstić information content (AvgIpc) is 2.27. The predicted molar refractivity (Wildman–Crippen MR) is 72.2 cm³/mol. The molecule has 0 spiro atoms. The molecule has 0 aliphatic rings. The van der Waals surface area contributed by atoms with Gasteiger partial charge in [0.2, 0.25) is 0 Å². The summed E-state index contributed by atoms with van der Waals surface area (Å²) in [7, 11) is 2.01. The molecule has 100 valence electrons. The van der Waals surface area contributed by atoms with Crippen LogP contribution in [0.5, 0.6) is 0 Å². The van der Waals surface area contributed by atoms with Gasteiger partial charge < -0.3 is 10.2 Å². The molecule has 0 atom stereocenters. The van der Waals surface area contributed by atoms with E-state index in [1.54, 1.807) is 0 Å². The van der Waals surface area contributed by atoms with Gasteiger partial charge in [0, 0.05) is 19.1 Å².